The van der Waals surface area contributed by atoms with E-state index >= 15 is 0 Å². The highest BCUT2D eigenvalue weighted by Gasteiger charge is 2.21. The van der Waals surface area contributed by atoms with Crippen molar-refractivity contribution in [1.82, 2.24) is 5.32 Å². The van der Waals surface area contributed by atoms with Gasteiger partial charge in [-0.2, -0.15) is 0 Å². The zero-order valence-electron chi connectivity index (χ0n) is 18.2. The predicted molar refractivity (Wildman–Crippen MR) is 120 cm³/mol. The Balaban J connectivity index is 1.63. The summed E-state index contributed by atoms with van der Waals surface area (Å²) < 4.78 is 5.81. The van der Waals surface area contributed by atoms with E-state index in [4.69, 9.17) is 4.74 Å². The second kappa shape index (κ2) is 9.79. The molecule has 1 aliphatic carbocycles. The molecular formula is C25H32N2O3. The summed E-state index contributed by atoms with van der Waals surface area (Å²) in [5, 5.41) is 5.94. The Morgan fingerprint density at radius 2 is 1.63 bits per heavy atom. The van der Waals surface area contributed by atoms with Crippen LogP contribution in [-0.4, -0.2) is 24.5 Å². The van der Waals surface area contributed by atoms with E-state index in [1.54, 1.807) is 12.1 Å². The van der Waals surface area contributed by atoms with Gasteiger partial charge in [0.05, 0.1) is 11.3 Å². The molecule has 0 spiro atoms. The second-order valence-electron chi connectivity index (χ2n) is 8.94. The monoisotopic (exact) mass is 408 g/mol. The number of ether oxygens (including phenoxy) is 1. The number of carbonyl (C=O) groups excluding carboxylic acids is 2. The molecule has 0 unspecified atom stereocenters. The number of amides is 2. The van der Waals surface area contributed by atoms with E-state index in [2.05, 4.69) is 31.4 Å². The third-order valence-electron chi connectivity index (χ3n) is 5.44. The van der Waals surface area contributed by atoms with Crippen molar-refractivity contribution in [3.05, 3.63) is 59.7 Å². The van der Waals surface area contributed by atoms with E-state index in [9.17, 15) is 9.59 Å². The Bertz CT molecular complexity index is 880. The van der Waals surface area contributed by atoms with Crippen LogP contribution in [0.15, 0.2) is 48.5 Å². The maximum absolute atomic E-state index is 12.8. The first-order valence-corrected chi connectivity index (χ1v) is 10.8. The van der Waals surface area contributed by atoms with Crippen LogP contribution in [0.3, 0.4) is 0 Å². The smallest absolute Gasteiger partial charge is 0.262 e. The Morgan fingerprint density at radius 1 is 0.967 bits per heavy atom. The number of hydrogen-bond donors (Lipinski definition) is 2. The maximum atomic E-state index is 12.8. The summed E-state index contributed by atoms with van der Waals surface area (Å²) in [7, 11) is 0. The maximum Gasteiger partial charge on any atom is 0.262 e. The molecule has 0 saturated heterocycles. The van der Waals surface area contributed by atoms with Gasteiger partial charge in [0.2, 0.25) is 0 Å². The van der Waals surface area contributed by atoms with Crippen LogP contribution < -0.4 is 15.4 Å². The summed E-state index contributed by atoms with van der Waals surface area (Å²) in [5.41, 5.74) is 1.94. The minimum atomic E-state index is -0.295. The molecule has 5 heteroatoms. The van der Waals surface area contributed by atoms with Crippen LogP contribution in [0.5, 0.6) is 5.75 Å². The van der Waals surface area contributed by atoms with Gasteiger partial charge in [-0.05, 0) is 42.0 Å². The molecule has 2 aromatic carbocycles. The molecule has 30 heavy (non-hydrogen) atoms. The molecule has 0 aromatic heterocycles. The number of benzene rings is 2. The first-order valence-electron chi connectivity index (χ1n) is 10.8. The highest BCUT2D eigenvalue weighted by molar-refractivity contribution is 6.04. The molecule has 0 heterocycles. The van der Waals surface area contributed by atoms with Crippen LogP contribution in [0, 0.1) is 0 Å². The van der Waals surface area contributed by atoms with Gasteiger partial charge in [-0.15, -0.1) is 0 Å². The number of rotatable bonds is 6. The van der Waals surface area contributed by atoms with Crippen LogP contribution in [0.2, 0.25) is 0 Å². The molecule has 2 N–H and O–H groups in total. The lowest BCUT2D eigenvalue weighted by molar-refractivity contribution is -0.118. The number of carbonyl (C=O) groups is 2. The van der Waals surface area contributed by atoms with Crippen molar-refractivity contribution in [1.29, 1.82) is 0 Å². The lowest BCUT2D eigenvalue weighted by Crippen LogP contribution is -2.36. The van der Waals surface area contributed by atoms with Crippen LogP contribution in [0.4, 0.5) is 5.69 Å². The van der Waals surface area contributed by atoms with E-state index in [0.29, 0.717) is 17.0 Å². The van der Waals surface area contributed by atoms with E-state index in [-0.39, 0.29) is 29.9 Å². The Labute approximate surface area is 179 Å². The molecule has 5 nitrogen and oxygen atoms in total. The minimum absolute atomic E-state index is 0.0864. The highest BCUT2D eigenvalue weighted by atomic mass is 16.5. The topological polar surface area (TPSA) is 67.4 Å². The van der Waals surface area contributed by atoms with Crippen LogP contribution in [0.25, 0.3) is 0 Å². The zero-order chi connectivity index (χ0) is 21.6. The van der Waals surface area contributed by atoms with Gasteiger partial charge < -0.3 is 15.4 Å². The molecule has 0 radical (unpaired) electrons. The third-order valence-corrected chi connectivity index (χ3v) is 5.44. The first-order chi connectivity index (χ1) is 14.3. The summed E-state index contributed by atoms with van der Waals surface area (Å²) >= 11 is 0. The molecule has 2 amide bonds. The minimum Gasteiger partial charge on any atom is -0.483 e. The Hall–Kier alpha value is -2.82. The van der Waals surface area contributed by atoms with Gasteiger partial charge in [0.15, 0.2) is 6.61 Å². The second-order valence-corrected chi connectivity index (χ2v) is 8.94. The fourth-order valence-electron chi connectivity index (χ4n) is 3.84. The van der Waals surface area contributed by atoms with Crippen molar-refractivity contribution >= 4 is 17.5 Å². The lowest BCUT2D eigenvalue weighted by atomic mass is 9.86. The molecule has 0 bridgehead atoms. The Kier molecular flexibility index (Phi) is 7.14. The molecule has 1 saturated carbocycles. The average molecular weight is 409 g/mol. The van der Waals surface area contributed by atoms with E-state index in [1.165, 1.54) is 6.42 Å². The zero-order valence-corrected chi connectivity index (χ0v) is 18.2. The fourth-order valence-corrected chi connectivity index (χ4v) is 3.84. The quantitative estimate of drug-likeness (QED) is 0.702. The molecule has 2 aromatic rings. The van der Waals surface area contributed by atoms with Crippen molar-refractivity contribution in [2.24, 2.45) is 0 Å². The summed E-state index contributed by atoms with van der Waals surface area (Å²) in [4.78, 5) is 25.3. The van der Waals surface area contributed by atoms with Gasteiger partial charge in [-0.1, -0.05) is 70.4 Å². The predicted octanol–water partition coefficient (Wildman–Crippen LogP) is 5.06. The van der Waals surface area contributed by atoms with Crippen molar-refractivity contribution in [3.63, 3.8) is 0 Å². The van der Waals surface area contributed by atoms with Gasteiger partial charge in [0.1, 0.15) is 5.75 Å². The van der Waals surface area contributed by atoms with Crippen LogP contribution in [-0.2, 0) is 10.2 Å². The normalized spacial score (nSPS) is 14.8. The summed E-state index contributed by atoms with van der Waals surface area (Å²) in [6.45, 7) is 6.20. The molecule has 3 rings (SSSR count). The average Bonchev–Trinajstić information content (AvgIpc) is 2.73. The standard InChI is InChI=1S/C25H32N2O3/c1-25(2,3)20-14-8-10-16-22(20)30-17-23(28)27-21-15-9-7-13-19(21)24(29)26-18-11-5-4-6-12-18/h7-10,13-16,18H,4-6,11-12,17H2,1-3H3,(H,26,29)(H,27,28). The molecule has 0 aliphatic heterocycles. The van der Waals surface area contributed by atoms with E-state index in [1.807, 2.05) is 36.4 Å². The largest absolute Gasteiger partial charge is 0.483 e. The summed E-state index contributed by atoms with van der Waals surface area (Å²) in [5.74, 6) is 0.261. The summed E-state index contributed by atoms with van der Waals surface area (Å²) in [6.07, 6.45) is 5.56. The number of para-hydroxylation sites is 2. The van der Waals surface area contributed by atoms with Gasteiger partial charge >= 0.3 is 0 Å². The van der Waals surface area contributed by atoms with Gasteiger partial charge in [0.25, 0.3) is 11.8 Å². The van der Waals surface area contributed by atoms with Crippen molar-refractivity contribution in [2.45, 2.75) is 64.3 Å². The van der Waals surface area contributed by atoms with Crippen molar-refractivity contribution in [2.75, 3.05) is 11.9 Å². The number of hydrogen-bond acceptors (Lipinski definition) is 3. The third kappa shape index (κ3) is 5.85. The van der Waals surface area contributed by atoms with Gasteiger partial charge in [-0.3, -0.25) is 9.59 Å². The fraction of sp³-hybridized carbons (Fsp3) is 0.440. The highest BCUT2D eigenvalue weighted by Crippen LogP contribution is 2.31. The van der Waals surface area contributed by atoms with E-state index < -0.39 is 0 Å². The van der Waals surface area contributed by atoms with Gasteiger partial charge in [-0.25, -0.2) is 0 Å². The van der Waals surface area contributed by atoms with Gasteiger partial charge in [0, 0.05) is 6.04 Å². The molecule has 0 atom stereocenters. The first kappa shape index (κ1) is 21.9. The molecule has 160 valence electrons. The molecular weight excluding hydrogens is 376 g/mol. The lowest BCUT2D eigenvalue weighted by Gasteiger charge is -2.23. The number of anilines is 1. The van der Waals surface area contributed by atoms with Crippen LogP contribution in [0.1, 0.15) is 68.8 Å². The number of nitrogens with one attached hydrogen (secondary N) is 2. The SMILES string of the molecule is CC(C)(C)c1ccccc1OCC(=O)Nc1ccccc1C(=O)NC1CCCCC1. The van der Waals surface area contributed by atoms with Crippen LogP contribution >= 0.6 is 0 Å². The molecule has 1 fully saturated rings. The van der Waals surface area contributed by atoms with Crippen molar-refractivity contribution < 1.29 is 14.3 Å². The summed E-state index contributed by atoms with van der Waals surface area (Å²) in [6, 6.07) is 15.1. The molecule has 1 aliphatic rings. The van der Waals surface area contributed by atoms with E-state index in [0.717, 1.165) is 31.2 Å². The van der Waals surface area contributed by atoms with Crippen molar-refractivity contribution in [3.8, 4) is 5.75 Å². The Morgan fingerprint density at radius 3 is 2.37 bits per heavy atom.